The fourth-order valence-electron chi connectivity index (χ4n) is 8.35. The van der Waals surface area contributed by atoms with Gasteiger partial charge in [-0.25, -0.2) is 0 Å². The van der Waals surface area contributed by atoms with Gasteiger partial charge in [0.2, 0.25) is 0 Å². The molecule has 36 heavy (non-hydrogen) atoms. The molecule has 4 aliphatic carbocycles. The van der Waals surface area contributed by atoms with Gasteiger partial charge in [-0.15, -0.1) is 0 Å². The molecule has 9 heteroatoms. The lowest BCUT2D eigenvalue weighted by molar-refractivity contribution is -0.370. The van der Waals surface area contributed by atoms with Gasteiger partial charge in [0.25, 0.3) is 5.60 Å². The first kappa shape index (κ1) is 28.0. The number of hydrogen-bond donors (Lipinski definition) is 3. The largest absolute Gasteiger partial charge is 0.426 e. The maximum atomic E-state index is 13.1. The molecule has 206 valence electrons. The average Bonchev–Trinajstić information content (AvgIpc) is 3.10. The van der Waals surface area contributed by atoms with E-state index >= 15 is 0 Å². The van der Waals surface area contributed by atoms with Gasteiger partial charge in [0.05, 0.1) is 12.2 Å². The van der Waals surface area contributed by atoms with Gasteiger partial charge in [-0.2, -0.15) is 26.3 Å². The number of aliphatic hydroxyl groups is 3. The lowest BCUT2D eigenvalue weighted by Crippen LogP contribution is -2.56. The van der Waals surface area contributed by atoms with Crippen molar-refractivity contribution in [3.63, 3.8) is 0 Å². The lowest BCUT2D eigenvalue weighted by Gasteiger charge is -2.56. The van der Waals surface area contributed by atoms with E-state index in [0.29, 0.717) is 12.8 Å². The topological polar surface area (TPSA) is 60.7 Å². The fourth-order valence-corrected chi connectivity index (χ4v) is 8.35. The minimum atomic E-state index is -5.77. The van der Waals surface area contributed by atoms with Crippen molar-refractivity contribution in [2.75, 3.05) is 0 Å². The minimum Gasteiger partial charge on any atom is -0.393 e. The van der Waals surface area contributed by atoms with Crippen molar-refractivity contribution in [3.8, 4) is 0 Å². The van der Waals surface area contributed by atoms with Crippen LogP contribution in [0.2, 0.25) is 0 Å². The molecule has 3 N–H and O–H groups in total. The molecule has 3 saturated carbocycles. The van der Waals surface area contributed by atoms with Crippen LogP contribution in [-0.4, -0.2) is 45.5 Å². The van der Waals surface area contributed by atoms with E-state index in [-0.39, 0.29) is 41.9 Å². The van der Waals surface area contributed by atoms with E-state index in [4.69, 9.17) is 0 Å². The third-order valence-corrected chi connectivity index (χ3v) is 10.5. The smallest absolute Gasteiger partial charge is 0.393 e. The summed E-state index contributed by atoms with van der Waals surface area (Å²) < 4.78 is 78.3. The predicted octanol–water partition coefficient (Wildman–Crippen LogP) is 6.48. The van der Waals surface area contributed by atoms with E-state index < -0.39 is 42.0 Å². The van der Waals surface area contributed by atoms with Crippen LogP contribution in [0.1, 0.15) is 78.6 Å². The number of halogens is 6. The van der Waals surface area contributed by atoms with E-state index in [1.54, 1.807) is 0 Å². The summed E-state index contributed by atoms with van der Waals surface area (Å²) in [5.74, 6) is 0.495. The van der Waals surface area contributed by atoms with Crippen molar-refractivity contribution in [1.29, 1.82) is 0 Å². The molecular formula is C27H38F6O3. The summed E-state index contributed by atoms with van der Waals surface area (Å²) in [6.45, 7) is 6.20. The van der Waals surface area contributed by atoms with Crippen molar-refractivity contribution >= 4 is 0 Å². The van der Waals surface area contributed by atoms with Gasteiger partial charge < -0.3 is 15.3 Å². The third-order valence-electron chi connectivity index (χ3n) is 10.5. The first-order valence-corrected chi connectivity index (χ1v) is 13.1. The van der Waals surface area contributed by atoms with E-state index in [0.717, 1.165) is 31.3 Å². The fraction of sp³-hybridized carbons (Fsp3) is 0.852. The van der Waals surface area contributed by atoms with Crippen LogP contribution in [0.4, 0.5) is 26.3 Å². The highest BCUT2D eigenvalue weighted by atomic mass is 19.4. The molecule has 3 nitrogen and oxygen atoms in total. The Morgan fingerprint density at radius 1 is 0.972 bits per heavy atom. The summed E-state index contributed by atoms with van der Waals surface area (Å²) in [6.07, 6.45) is -5.71. The summed E-state index contributed by atoms with van der Waals surface area (Å²) >= 11 is 0. The molecule has 0 heterocycles. The van der Waals surface area contributed by atoms with Crippen LogP contribution < -0.4 is 0 Å². The van der Waals surface area contributed by atoms with E-state index in [9.17, 15) is 41.7 Å². The Labute approximate surface area is 208 Å². The zero-order chi connectivity index (χ0) is 26.9. The Bertz CT molecular complexity index is 894. The normalized spacial score (nSPS) is 40.1. The molecule has 0 spiro atoms. The van der Waals surface area contributed by atoms with Crippen molar-refractivity contribution in [1.82, 2.24) is 0 Å². The van der Waals surface area contributed by atoms with Crippen LogP contribution in [0.25, 0.3) is 0 Å². The quantitative estimate of drug-likeness (QED) is 0.361. The zero-order valence-electron chi connectivity index (χ0n) is 21.1. The second kappa shape index (κ2) is 9.01. The Morgan fingerprint density at radius 2 is 1.61 bits per heavy atom. The van der Waals surface area contributed by atoms with Crippen molar-refractivity contribution in [2.24, 2.45) is 34.5 Å². The molecule has 0 bridgehead atoms. The molecule has 0 aromatic carbocycles. The summed E-state index contributed by atoms with van der Waals surface area (Å²) in [5.41, 5.74) is -2.85. The van der Waals surface area contributed by atoms with Crippen LogP contribution in [0.5, 0.6) is 0 Å². The van der Waals surface area contributed by atoms with Crippen LogP contribution >= 0.6 is 0 Å². The molecule has 4 aliphatic rings. The number of fused-ring (bicyclic) bond motifs is 5. The van der Waals surface area contributed by atoms with Gasteiger partial charge in [-0.1, -0.05) is 50.5 Å². The highest BCUT2D eigenvalue weighted by Crippen LogP contribution is 2.66. The Balaban J connectivity index is 1.48. The monoisotopic (exact) mass is 524 g/mol. The van der Waals surface area contributed by atoms with E-state index in [1.807, 2.05) is 6.92 Å². The molecule has 0 aromatic rings. The van der Waals surface area contributed by atoms with Gasteiger partial charge in [0, 0.05) is 11.8 Å². The van der Waals surface area contributed by atoms with Crippen molar-refractivity contribution in [3.05, 3.63) is 23.3 Å². The van der Waals surface area contributed by atoms with Gasteiger partial charge >= 0.3 is 12.4 Å². The Morgan fingerprint density at radius 3 is 2.22 bits per heavy atom. The third kappa shape index (κ3) is 4.15. The number of alkyl halides is 6. The van der Waals surface area contributed by atoms with Crippen LogP contribution in [0, 0.1) is 34.5 Å². The molecule has 0 unspecified atom stereocenters. The molecule has 4 rings (SSSR count). The second-order valence-corrected chi connectivity index (χ2v) is 12.3. The molecule has 0 aromatic heterocycles. The first-order valence-electron chi connectivity index (χ1n) is 13.1. The number of hydrogen-bond acceptors (Lipinski definition) is 3. The van der Waals surface area contributed by atoms with Crippen molar-refractivity contribution < 1.29 is 41.7 Å². The molecular weight excluding hydrogens is 486 g/mol. The standard InChI is InChI=1S/C27H38F6O3/c1-15(5-4-11-25(36,26(28,29)30)27(31,32)33)19-8-9-20-18-7-6-16-13-17(34)14-22(35)24(16,3)21(18)10-12-23(19,20)2/h6-7,15,17,19-22,34-36H,4-5,8-14H2,1-3H3/t15-,17+,19+,20-,21-,22-,23+,24-/m0/s1. The molecule has 3 fully saturated rings. The highest BCUT2D eigenvalue weighted by Gasteiger charge is 2.69. The van der Waals surface area contributed by atoms with Crippen LogP contribution in [-0.2, 0) is 0 Å². The predicted molar refractivity (Wildman–Crippen MR) is 123 cm³/mol. The lowest BCUT2D eigenvalue weighted by atomic mass is 9.49. The maximum Gasteiger partial charge on any atom is 0.426 e. The van der Waals surface area contributed by atoms with Gasteiger partial charge in [0.1, 0.15) is 0 Å². The van der Waals surface area contributed by atoms with Crippen LogP contribution in [0.3, 0.4) is 0 Å². The van der Waals surface area contributed by atoms with E-state index in [2.05, 4.69) is 26.0 Å². The molecule has 0 radical (unpaired) electrons. The summed E-state index contributed by atoms with van der Waals surface area (Å²) in [6, 6.07) is 0. The van der Waals surface area contributed by atoms with Crippen molar-refractivity contribution in [2.45, 2.75) is 109 Å². The zero-order valence-corrected chi connectivity index (χ0v) is 21.1. The molecule has 8 atom stereocenters. The molecule has 0 saturated heterocycles. The summed E-state index contributed by atoms with van der Waals surface area (Å²) in [5, 5.41) is 30.6. The van der Waals surface area contributed by atoms with Gasteiger partial charge in [0.15, 0.2) is 0 Å². The maximum absolute atomic E-state index is 13.1. The Kier molecular flexibility index (Phi) is 7.00. The molecule has 0 aliphatic heterocycles. The average molecular weight is 525 g/mol. The van der Waals surface area contributed by atoms with Gasteiger partial charge in [-0.05, 0) is 74.0 Å². The highest BCUT2D eigenvalue weighted by molar-refractivity contribution is 5.40. The second-order valence-electron chi connectivity index (χ2n) is 12.3. The molecule has 0 amide bonds. The minimum absolute atomic E-state index is 0.0800. The number of allylic oxidation sites excluding steroid dienone is 3. The summed E-state index contributed by atoms with van der Waals surface area (Å²) in [7, 11) is 0. The first-order chi connectivity index (χ1) is 16.5. The van der Waals surface area contributed by atoms with Crippen LogP contribution in [0.15, 0.2) is 23.3 Å². The number of aliphatic hydroxyl groups excluding tert-OH is 2. The Hall–Kier alpha value is -1.06. The number of rotatable bonds is 5. The SMILES string of the molecule is C[C@@H](CCCC(O)(C(F)(F)F)C(F)(F)F)[C@H]1CC[C@H]2C3=CC=C4C[C@@H](O)C[C@H](O)[C@]4(C)[C@H]3CC[C@]12C. The van der Waals surface area contributed by atoms with Gasteiger partial charge in [-0.3, -0.25) is 0 Å². The summed E-state index contributed by atoms with van der Waals surface area (Å²) in [4.78, 5) is 0. The van der Waals surface area contributed by atoms with E-state index in [1.165, 1.54) is 5.57 Å².